The molecule has 0 radical (unpaired) electrons. The molecule has 6 heteroatoms. The van der Waals surface area contributed by atoms with Gasteiger partial charge in [0.15, 0.2) is 11.5 Å². The second-order valence-electron chi connectivity index (χ2n) is 6.15. The van der Waals surface area contributed by atoms with E-state index in [0.29, 0.717) is 6.61 Å². The van der Waals surface area contributed by atoms with Crippen LogP contribution in [0.15, 0.2) is 61.2 Å². The smallest absolute Gasteiger partial charge is 0.161 e. The second kappa shape index (κ2) is 11.9. The van der Waals surface area contributed by atoms with Crippen LogP contribution in [-0.2, 0) is 6.61 Å². The molecule has 148 valence electrons. The molecule has 3 rings (SSSR count). The first-order chi connectivity index (χ1) is 12.3. The Morgan fingerprint density at radius 1 is 1.07 bits per heavy atom. The summed E-state index contributed by atoms with van der Waals surface area (Å²) in [4.78, 5) is 2.43. The number of halogens is 2. The molecule has 0 unspecified atom stereocenters. The first-order valence-corrected chi connectivity index (χ1v) is 8.74. The Morgan fingerprint density at radius 2 is 1.78 bits per heavy atom. The molecule has 0 amide bonds. The molecule has 1 aliphatic rings. The van der Waals surface area contributed by atoms with Crippen LogP contribution in [0.25, 0.3) is 0 Å². The van der Waals surface area contributed by atoms with Crippen molar-refractivity contribution in [3.8, 4) is 11.5 Å². The molecule has 0 saturated carbocycles. The van der Waals surface area contributed by atoms with Crippen LogP contribution in [0.4, 0.5) is 0 Å². The summed E-state index contributed by atoms with van der Waals surface area (Å²) in [6, 6.07) is 16.5. The van der Waals surface area contributed by atoms with E-state index in [1.54, 1.807) is 7.11 Å². The molecule has 0 aromatic heterocycles. The van der Waals surface area contributed by atoms with Gasteiger partial charge in [0.2, 0.25) is 0 Å². The van der Waals surface area contributed by atoms with Crippen molar-refractivity contribution in [1.82, 2.24) is 10.2 Å². The second-order valence-corrected chi connectivity index (χ2v) is 6.15. The number of nitrogens with zero attached hydrogens (tertiary/aromatic N) is 1. The predicted octanol–water partition coefficient (Wildman–Crippen LogP) is 4.25. The minimum Gasteiger partial charge on any atom is -0.493 e. The molecule has 0 spiro atoms. The summed E-state index contributed by atoms with van der Waals surface area (Å²) >= 11 is 0. The summed E-state index contributed by atoms with van der Waals surface area (Å²) in [5.41, 5.74) is 2.32. The van der Waals surface area contributed by atoms with Crippen molar-refractivity contribution in [2.45, 2.75) is 12.6 Å². The van der Waals surface area contributed by atoms with Crippen molar-refractivity contribution in [2.24, 2.45) is 0 Å². The number of hydrogen-bond donors (Lipinski definition) is 1. The zero-order chi connectivity index (χ0) is 17.5. The van der Waals surface area contributed by atoms with Crippen LogP contribution in [-0.4, -0.2) is 38.2 Å². The lowest BCUT2D eigenvalue weighted by Gasteiger charge is -2.33. The SMILES string of the molecule is C=C[C@H](c1ccc(OCc2ccccc2)c(OC)c1)N1CCNCC1.Cl.Cl. The number of piperazine rings is 1. The van der Waals surface area contributed by atoms with Crippen molar-refractivity contribution >= 4 is 24.8 Å². The van der Waals surface area contributed by atoms with Crippen molar-refractivity contribution < 1.29 is 9.47 Å². The molecule has 1 N–H and O–H groups in total. The van der Waals surface area contributed by atoms with E-state index in [2.05, 4.69) is 41.1 Å². The topological polar surface area (TPSA) is 33.7 Å². The van der Waals surface area contributed by atoms with Crippen LogP contribution < -0.4 is 14.8 Å². The summed E-state index contributed by atoms with van der Waals surface area (Å²) in [5, 5.41) is 3.39. The highest BCUT2D eigenvalue weighted by molar-refractivity contribution is 5.85. The standard InChI is InChI=1S/C21H26N2O2.2ClH/c1-3-19(23-13-11-22-12-14-23)18-9-10-20(21(15-18)24-2)25-16-17-7-5-4-6-8-17;;/h3-10,15,19,22H,1,11-14,16H2,2H3;2*1H/t19-;;/m1../s1. The van der Waals surface area contributed by atoms with Gasteiger partial charge in [0, 0.05) is 26.2 Å². The third-order valence-corrected chi connectivity index (χ3v) is 4.53. The van der Waals surface area contributed by atoms with Gasteiger partial charge in [-0.05, 0) is 23.3 Å². The van der Waals surface area contributed by atoms with E-state index in [1.807, 2.05) is 30.3 Å². The lowest BCUT2D eigenvalue weighted by atomic mass is 10.0. The van der Waals surface area contributed by atoms with Crippen LogP contribution >= 0.6 is 24.8 Å². The highest BCUT2D eigenvalue weighted by Gasteiger charge is 2.20. The van der Waals surface area contributed by atoms with Crippen molar-refractivity contribution in [3.63, 3.8) is 0 Å². The number of benzene rings is 2. The van der Waals surface area contributed by atoms with E-state index < -0.39 is 0 Å². The molecule has 1 saturated heterocycles. The van der Waals surface area contributed by atoms with Gasteiger partial charge >= 0.3 is 0 Å². The van der Waals surface area contributed by atoms with Crippen LogP contribution in [0, 0.1) is 0 Å². The van der Waals surface area contributed by atoms with Gasteiger partial charge in [0.25, 0.3) is 0 Å². The summed E-state index contributed by atoms with van der Waals surface area (Å²) in [6.07, 6.45) is 2.00. The molecule has 27 heavy (non-hydrogen) atoms. The number of nitrogens with one attached hydrogen (secondary N) is 1. The fraction of sp³-hybridized carbons (Fsp3) is 0.333. The zero-order valence-corrected chi connectivity index (χ0v) is 17.2. The minimum absolute atomic E-state index is 0. The van der Waals surface area contributed by atoms with Crippen LogP contribution in [0.1, 0.15) is 17.2 Å². The average Bonchev–Trinajstić information content (AvgIpc) is 2.69. The van der Waals surface area contributed by atoms with Gasteiger partial charge in [-0.15, -0.1) is 31.4 Å². The van der Waals surface area contributed by atoms with E-state index >= 15 is 0 Å². The molecule has 2 aromatic rings. The van der Waals surface area contributed by atoms with Crippen LogP contribution in [0.2, 0.25) is 0 Å². The third-order valence-electron chi connectivity index (χ3n) is 4.53. The molecular weight excluding hydrogens is 383 g/mol. The number of rotatable bonds is 7. The van der Waals surface area contributed by atoms with Gasteiger partial charge in [-0.25, -0.2) is 0 Å². The number of hydrogen-bond acceptors (Lipinski definition) is 4. The Morgan fingerprint density at radius 3 is 2.41 bits per heavy atom. The predicted molar refractivity (Wildman–Crippen MR) is 116 cm³/mol. The normalized spacial score (nSPS) is 15.0. The van der Waals surface area contributed by atoms with Gasteiger partial charge < -0.3 is 14.8 Å². The minimum atomic E-state index is 0. The first kappa shape index (κ1) is 23.3. The van der Waals surface area contributed by atoms with Crippen molar-refractivity contribution in [3.05, 3.63) is 72.3 Å². The van der Waals surface area contributed by atoms with Crippen LogP contribution in [0.5, 0.6) is 11.5 Å². The lowest BCUT2D eigenvalue weighted by Crippen LogP contribution is -2.44. The highest BCUT2D eigenvalue weighted by atomic mass is 35.5. The average molecular weight is 411 g/mol. The van der Waals surface area contributed by atoms with Gasteiger partial charge in [-0.2, -0.15) is 0 Å². The molecule has 1 aliphatic heterocycles. The summed E-state index contributed by atoms with van der Waals surface area (Å²) < 4.78 is 11.5. The molecule has 4 nitrogen and oxygen atoms in total. The summed E-state index contributed by atoms with van der Waals surface area (Å²) in [5.74, 6) is 1.52. The fourth-order valence-electron chi connectivity index (χ4n) is 3.18. The molecule has 2 aromatic carbocycles. The molecule has 1 heterocycles. The zero-order valence-electron chi connectivity index (χ0n) is 15.6. The Balaban J connectivity index is 0.00000182. The van der Waals surface area contributed by atoms with Crippen LogP contribution in [0.3, 0.4) is 0 Å². The first-order valence-electron chi connectivity index (χ1n) is 8.74. The van der Waals surface area contributed by atoms with Gasteiger partial charge in [-0.3, -0.25) is 4.90 Å². The fourth-order valence-corrected chi connectivity index (χ4v) is 3.18. The maximum Gasteiger partial charge on any atom is 0.161 e. The lowest BCUT2D eigenvalue weighted by molar-refractivity contribution is 0.203. The van der Waals surface area contributed by atoms with E-state index in [1.165, 1.54) is 5.56 Å². The quantitative estimate of drug-likeness (QED) is 0.691. The maximum atomic E-state index is 5.95. The third kappa shape index (κ3) is 6.15. The van der Waals surface area contributed by atoms with Gasteiger partial charge in [0.1, 0.15) is 6.61 Å². The van der Waals surface area contributed by atoms with Crippen molar-refractivity contribution in [2.75, 3.05) is 33.3 Å². The summed E-state index contributed by atoms with van der Waals surface area (Å²) in [7, 11) is 1.68. The highest BCUT2D eigenvalue weighted by Crippen LogP contribution is 2.33. The van der Waals surface area contributed by atoms with E-state index in [-0.39, 0.29) is 30.9 Å². The molecule has 1 atom stereocenters. The molecule has 1 fully saturated rings. The monoisotopic (exact) mass is 410 g/mol. The van der Waals surface area contributed by atoms with E-state index in [9.17, 15) is 0 Å². The number of ether oxygens (including phenoxy) is 2. The molecular formula is C21H28Cl2N2O2. The summed E-state index contributed by atoms with van der Waals surface area (Å²) in [6.45, 7) is 8.62. The Labute approximate surface area is 174 Å². The molecule has 0 bridgehead atoms. The Hall–Kier alpha value is -1.72. The number of methoxy groups -OCH3 is 1. The maximum absolute atomic E-state index is 5.95. The Bertz CT molecular complexity index is 692. The van der Waals surface area contributed by atoms with Crippen molar-refractivity contribution in [1.29, 1.82) is 0 Å². The molecule has 0 aliphatic carbocycles. The van der Waals surface area contributed by atoms with E-state index in [0.717, 1.165) is 43.2 Å². The van der Waals surface area contributed by atoms with Gasteiger partial charge in [-0.1, -0.05) is 42.5 Å². The largest absolute Gasteiger partial charge is 0.493 e. The Kier molecular flexibility index (Phi) is 10.3. The van der Waals surface area contributed by atoms with E-state index in [4.69, 9.17) is 9.47 Å². The van der Waals surface area contributed by atoms with Gasteiger partial charge in [0.05, 0.1) is 13.2 Å².